The van der Waals surface area contributed by atoms with Crippen molar-refractivity contribution in [2.24, 2.45) is 0 Å². The molecule has 0 saturated heterocycles. The van der Waals surface area contributed by atoms with E-state index < -0.39 is 0 Å². The molecule has 2 N–H and O–H groups in total. The van der Waals surface area contributed by atoms with Gasteiger partial charge in [-0.25, -0.2) is 4.98 Å². The maximum absolute atomic E-state index is 11.9. The molecule has 0 radical (unpaired) electrons. The van der Waals surface area contributed by atoms with E-state index in [1.807, 2.05) is 13.0 Å². The van der Waals surface area contributed by atoms with E-state index in [-0.39, 0.29) is 11.4 Å². The maximum atomic E-state index is 11.9. The molecule has 1 aliphatic carbocycles. The van der Waals surface area contributed by atoms with Gasteiger partial charge in [0.2, 0.25) is 5.91 Å². The third kappa shape index (κ3) is 1.07. The average molecular weight is 203 g/mol. The van der Waals surface area contributed by atoms with Crippen LogP contribution in [0.15, 0.2) is 12.3 Å². The molecule has 15 heavy (non-hydrogen) atoms. The quantitative estimate of drug-likeness (QED) is 0.674. The highest BCUT2D eigenvalue weighted by Gasteiger charge is 2.47. The molecule has 1 aliphatic heterocycles. The molecule has 1 aromatic heterocycles. The van der Waals surface area contributed by atoms with Gasteiger partial charge in [-0.15, -0.1) is 0 Å². The minimum Gasteiger partial charge on any atom is -0.354 e. The van der Waals surface area contributed by atoms with Gasteiger partial charge in [0.25, 0.3) is 0 Å². The predicted octanol–water partition coefficient (Wildman–Crippen LogP) is 1.68. The first kappa shape index (κ1) is 8.71. The summed E-state index contributed by atoms with van der Waals surface area (Å²) in [6.45, 7) is 1.97. The molecule has 1 amide bonds. The largest absolute Gasteiger partial charge is 0.354 e. The van der Waals surface area contributed by atoms with Gasteiger partial charge in [0, 0.05) is 6.20 Å². The van der Waals surface area contributed by atoms with Crippen LogP contribution in [0.1, 0.15) is 24.8 Å². The molecule has 0 bridgehead atoms. The summed E-state index contributed by atoms with van der Waals surface area (Å²) in [6.07, 6.45) is 4.70. The Hall–Kier alpha value is -1.58. The number of carbonyl (C=O) groups is 1. The third-order valence-corrected chi connectivity index (χ3v) is 3.40. The van der Waals surface area contributed by atoms with E-state index in [4.69, 9.17) is 0 Å². The van der Waals surface area contributed by atoms with E-state index in [0.717, 1.165) is 36.3 Å². The Bertz CT molecular complexity index is 437. The summed E-state index contributed by atoms with van der Waals surface area (Å²) in [5.74, 6) is 0.909. The van der Waals surface area contributed by atoms with E-state index in [0.29, 0.717) is 0 Å². The molecule has 2 heterocycles. The first-order valence-corrected chi connectivity index (χ1v) is 5.27. The predicted molar refractivity (Wildman–Crippen MR) is 57.8 cm³/mol. The Morgan fingerprint density at radius 3 is 2.93 bits per heavy atom. The van der Waals surface area contributed by atoms with Crippen LogP contribution in [-0.4, -0.2) is 16.4 Å². The lowest BCUT2D eigenvalue weighted by atomic mass is 9.75. The number of fused-ring (bicyclic) bond motifs is 1. The van der Waals surface area contributed by atoms with Gasteiger partial charge in [-0.05, 0) is 37.8 Å². The zero-order valence-electron chi connectivity index (χ0n) is 8.63. The summed E-state index contributed by atoms with van der Waals surface area (Å²) < 4.78 is 0. The van der Waals surface area contributed by atoms with Crippen molar-refractivity contribution in [3.63, 3.8) is 0 Å². The summed E-state index contributed by atoms with van der Waals surface area (Å²) in [7, 11) is 0. The lowest BCUT2D eigenvalue weighted by molar-refractivity contribution is -0.123. The first-order valence-electron chi connectivity index (χ1n) is 5.27. The number of aromatic nitrogens is 1. The Kier molecular flexibility index (Phi) is 1.58. The first-order chi connectivity index (χ1) is 7.21. The summed E-state index contributed by atoms with van der Waals surface area (Å²) in [4.78, 5) is 16.2. The molecule has 4 heteroatoms. The van der Waals surface area contributed by atoms with E-state index in [2.05, 4.69) is 15.6 Å². The topological polar surface area (TPSA) is 54.0 Å². The molecular formula is C11H13N3O. The van der Waals surface area contributed by atoms with Crippen LogP contribution in [0.2, 0.25) is 0 Å². The lowest BCUT2D eigenvalue weighted by Gasteiger charge is -2.44. The molecule has 2 aliphatic rings. The van der Waals surface area contributed by atoms with Crippen LogP contribution in [0.4, 0.5) is 11.5 Å². The number of nitrogens with zero attached hydrogens (tertiary/aromatic N) is 1. The second kappa shape index (κ2) is 2.72. The van der Waals surface area contributed by atoms with Crippen LogP contribution < -0.4 is 10.6 Å². The smallest absolute Gasteiger partial charge is 0.250 e. The molecule has 0 atom stereocenters. The maximum Gasteiger partial charge on any atom is 0.250 e. The van der Waals surface area contributed by atoms with Crippen molar-refractivity contribution in [1.82, 2.24) is 4.98 Å². The fraction of sp³-hybridized carbons (Fsp3) is 0.455. The number of pyridine rings is 1. The number of aryl methyl sites for hydroxylation is 1. The lowest BCUT2D eigenvalue weighted by Crippen LogP contribution is -2.57. The summed E-state index contributed by atoms with van der Waals surface area (Å²) in [5, 5.41) is 6.23. The average Bonchev–Trinajstić information content (AvgIpc) is 2.16. The van der Waals surface area contributed by atoms with Gasteiger partial charge >= 0.3 is 0 Å². The number of hydrogen-bond donors (Lipinski definition) is 2. The molecule has 0 unspecified atom stereocenters. The van der Waals surface area contributed by atoms with Gasteiger partial charge in [0.05, 0.1) is 5.69 Å². The van der Waals surface area contributed by atoms with Gasteiger partial charge in [0.15, 0.2) is 5.82 Å². The minimum atomic E-state index is -0.367. The van der Waals surface area contributed by atoms with E-state index in [9.17, 15) is 4.79 Å². The summed E-state index contributed by atoms with van der Waals surface area (Å²) in [5.41, 5.74) is 1.52. The third-order valence-electron chi connectivity index (χ3n) is 3.40. The molecule has 0 aromatic carbocycles. The van der Waals surface area contributed by atoms with Gasteiger partial charge in [-0.2, -0.15) is 0 Å². The van der Waals surface area contributed by atoms with Crippen molar-refractivity contribution < 1.29 is 4.79 Å². The van der Waals surface area contributed by atoms with Crippen molar-refractivity contribution in [2.45, 2.75) is 31.7 Å². The van der Waals surface area contributed by atoms with Gasteiger partial charge in [-0.1, -0.05) is 0 Å². The van der Waals surface area contributed by atoms with Crippen LogP contribution in [-0.2, 0) is 4.79 Å². The number of hydrogen-bond acceptors (Lipinski definition) is 3. The Morgan fingerprint density at radius 1 is 1.47 bits per heavy atom. The highest BCUT2D eigenvalue weighted by Crippen LogP contribution is 2.41. The Labute approximate surface area is 88.1 Å². The molecule has 4 nitrogen and oxygen atoms in total. The zero-order chi connectivity index (χ0) is 10.5. The fourth-order valence-corrected chi connectivity index (χ4v) is 2.21. The van der Waals surface area contributed by atoms with Crippen molar-refractivity contribution in [1.29, 1.82) is 0 Å². The van der Waals surface area contributed by atoms with Crippen LogP contribution in [0, 0.1) is 6.92 Å². The van der Waals surface area contributed by atoms with Crippen LogP contribution in [0.3, 0.4) is 0 Å². The standard InChI is InChI=1S/C11H13N3O/c1-7-3-6-12-9-8(7)13-10(15)11(14-9)4-2-5-11/h3,6H,2,4-5H2,1H3,(H,12,14)(H,13,15). The van der Waals surface area contributed by atoms with Crippen LogP contribution in [0.25, 0.3) is 0 Å². The van der Waals surface area contributed by atoms with Gasteiger partial charge < -0.3 is 10.6 Å². The van der Waals surface area contributed by atoms with Gasteiger partial charge in [0.1, 0.15) is 5.54 Å². The number of rotatable bonds is 0. The summed E-state index contributed by atoms with van der Waals surface area (Å²) >= 11 is 0. The SMILES string of the molecule is Cc1ccnc2c1NC(=O)C1(CCC1)N2. The second-order valence-corrected chi connectivity index (χ2v) is 4.37. The Morgan fingerprint density at radius 2 is 2.27 bits per heavy atom. The van der Waals surface area contributed by atoms with Crippen LogP contribution in [0.5, 0.6) is 0 Å². The number of amides is 1. The number of nitrogens with one attached hydrogen (secondary N) is 2. The molecule has 3 rings (SSSR count). The summed E-state index contributed by atoms with van der Waals surface area (Å²) in [6, 6.07) is 1.90. The van der Waals surface area contributed by atoms with Crippen molar-refractivity contribution in [3.05, 3.63) is 17.8 Å². The fourth-order valence-electron chi connectivity index (χ4n) is 2.21. The van der Waals surface area contributed by atoms with Crippen molar-refractivity contribution >= 4 is 17.4 Å². The molecule has 1 saturated carbocycles. The van der Waals surface area contributed by atoms with E-state index >= 15 is 0 Å². The van der Waals surface area contributed by atoms with E-state index in [1.165, 1.54) is 0 Å². The monoisotopic (exact) mass is 203 g/mol. The van der Waals surface area contributed by atoms with Gasteiger partial charge in [-0.3, -0.25) is 4.79 Å². The highest BCUT2D eigenvalue weighted by molar-refractivity contribution is 6.06. The number of anilines is 2. The Balaban J connectivity index is 2.06. The van der Waals surface area contributed by atoms with Crippen LogP contribution >= 0.6 is 0 Å². The zero-order valence-corrected chi connectivity index (χ0v) is 8.63. The molecule has 1 spiro atoms. The molecule has 1 aromatic rings. The van der Waals surface area contributed by atoms with Crippen molar-refractivity contribution in [3.8, 4) is 0 Å². The van der Waals surface area contributed by atoms with E-state index in [1.54, 1.807) is 6.20 Å². The second-order valence-electron chi connectivity index (χ2n) is 4.37. The molecular weight excluding hydrogens is 190 g/mol. The van der Waals surface area contributed by atoms with Crippen molar-refractivity contribution in [2.75, 3.05) is 10.6 Å². The highest BCUT2D eigenvalue weighted by atomic mass is 16.2. The minimum absolute atomic E-state index is 0.0948. The molecule has 78 valence electrons. The molecule has 1 fully saturated rings. The number of carbonyl (C=O) groups excluding carboxylic acids is 1. The normalized spacial score (nSPS) is 21.3.